The van der Waals surface area contributed by atoms with Crippen LogP contribution in [-0.2, 0) is 6.42 Å². The number of nitrogens with two attached hydrogens (primary N) is 1. The van der Waals surface area contributed by atoms with Crippen LogP contribution >= 0.6 is 11.3 Å². The summed E-state index contributed by atoms with van der Waals surface area (Å²) in [6, 6.07) is 5.98. The molecule has 4 nitrogen and oxygen atoms in total. The Morgan fingerprint density at radius 3 is 2.89 bits per heavy atom. The average Bonchev–Trinajstić information content (AvgIpc) is 2.93. The third kappa shape index (κ3) is 2.72. The third-order valence-electron chi connectivity index (χ3n) is 2.98. The van der Waals surface area contributed by atoms with E-state index < -0.39 is 0 Å². The van der Waals surface area contributed by atoms with E-state index >= 15 is 0 Å². The van der Waals surface area contributed by atoms with Crippen molar-refractivity contribution in [3.05, 3.63) is 29.3 Å². The van der Waals surface area contributed by atoms with Crippen LogP contribution in [-0.4, -0.2) is 24.7 Å². The van der Waals surface area contributed by atoms with Crippen LogP contribution in [0.25, 0.3) is 10.6 Å². The highest BCUT2D eigenvalue weighted by Crippen LogP contribution is 2.35. The van der Waals surface area contributed by atoms with Crippen LogP contribution in [0, 0.1) is 0 Å². The summed E-state index contributed by atoms with van der Waals surface area (Å²) in [5, 5.41) is 3.12. The Balaban J connectivity index is 1.83. The molecule has 100 valence electrons. The maximum absolute atomic E-state index is 5.59. The summed E-state index contributed by atoms with van der Waals surface area (Å²) >= 11 is 1.66. The minimum absolute atomic E-state index is 0.607. The van der Waals surface area contributed by atoms with Crippen LogP contribution in [0.5, 0.6) is 11.5 Å². The van der Waals surface area contributed by atoms with Crippen LogP contribution in [0.3, 0.4) is 0 Å². The molecule has 0 saturated heterocycles. The Kier molecular flexibility index (Phi) is 3.66. The predicted molar refractivity (Wildman–Crippen MR) is 75.9 cm³/mol. The van der Waals surface area contributed by atoms with Gasteiger partial charge in [0.05, 0.1) is 5.69 Å². The van der Waals surface area contributed by atoms with Crippen LogP contribution in [0.15, 0.2) is 23.6 Å². The van der Waals surface area contributed by atoms with Gasteiger partial charge in [-0.15, -0.1) is 11.3 Å². The van der Waals surface area contributed by atoms with Crippen LogP contribution in [0.2, 0.25) is 0 Å². The number of fused-ring (bicyclic) bond motifs is 1. The fraction of sp³-hybridized carbons (Fsp3) is 0.357. The van der Waals surface area contributed by atoms with Crippen molar-refractivity contribution in [1.82, 2.24) is 4.98 Å². The van der Waals surface area contributed by atoms with Gasteiger partial charge in [-0.25, -0.2) is 4.98 Å². The minimum Gasteiger partial charge on any atom is -0.486 e. The summed E-state index contributed by atoms with van der Waals surface area (Å²) < 4.78 is 11.1. The van der Waals surface area contributed by atoms with Gasteiger partial charge < -0.3 is 15.2 Å². The highest BCUT2D eigenvalue weighted by Gasteiger charge is 2.13. The molecule has 0 spiro atoms. The molecule has 1 aliphatic heterocycles. The van der Waals surface area contributed by atoms with Gasteiger partial charge in [0.1, 0.15) is 18.2 Å². The van der Waals surface area contributed by atoms with Crippen molar-refractivity contribution < 1.29 is 9.47 Å². The number of aryl methyl sites for hydroxylation is 1. The second-order valence-corrected chi connectivity index (χ2v) is 5.25. The average molecular weight is 276 g/mol. The van der Waals surface area contributed by atoms with E-state index in [-0.39, 0.29) is 0 Å². The first-order chi connectivity index (χ1) is 9.36. The Morgan fingerprint density at radius 1 is 1.21 bits per heavy atom. The topological polar surface area (TPSA) is 57.4 Å². The number of rotatable bonds is 4. The van der Waals surface area contributed by atoms with Gasteiger partial charge in [0.25, 0.3) is 0 Å². The van der Waals surface area contributed by atoms with Crippen molar-refractivity contribution in [2.75, 3.05) is 19.8 Å². The van der Waals surface area contributed by atoms with Gasteiger partial charge in [0.2, 0.25) is 0 Å². The van der Waals surface area contributed by atoms with Crippen molar-refractivity contribution >= 4 is 11.3 Å². The fourth-order valence-corrected chi connectivity index (χ4v) is 2.87. The molecule has 3 rings (SSSR count). The quantitative estimate of drug-likeness (QED) is 0.932. The fourth-order valence-electron chi connectivity index (χ4n) is 2.01. The predicted octanol–water partition coefficient (Wildman–Crippen LogP) is 2.47. The minimum atomic E-state index is 0.607. The molecule has 0 radical (unpaired) electrons. The molecule has 0 unspecified atom stereocenters. The normalized spacial score (nSPS) is 13.5. The van der Waals surface area contributed by atoms with Crippen molar-refractivity contribution in [2.45, 2.75) is 12.8 Å². The lowest BCUT2D eigenvalue weighted by atomic mass is 10.2. The Morgan fingerprint density at radius 2 is 2.05 bits per heavy atom. The van der Waals surface area contributed by atoms with Gasteiger partial charge in [0.15, 0.2) is 11.5 Å². The smallest absolute Gasteiger partial charge is 0.162 e. The van der Waals surface area contributed by atoms with Gasteiger partial charge >= 0.3 is 0 Å². The maximum atomic E-state index is 5.59. The largest absolute Gasteiger partial charge is 0.486 e. The van der Waals surface area contributed by atoms with Gasteiger partial charge in [0, 0.05) is 10.9 Å². The molecule has 5 heteroatoms. The summed E-state index contributed by atoms with van der Waals surface area (Å²) in [5.74, 6) is 1.62. The van der Waals surface area contributed by atoms with Crippen LogP contribution in [0.4, 0.5) is 0 Å². The first-order valence-electron chi connectivity index (χ1n) is 6.41. The number of nitrogens with zero attached hydrogens (tertiary/aromatic N) is 1. The number of thiazole rings is 1. The first-order valence-corrected chi connectivity index (χ1v) is 7.29. The highest BCUT2D eigenvalue weighted by molar-refractivity contribution is 7.13. The molecule has 0 aliphatic carbocycles. The summed E-state index contributed by atoms with van der Waals surface area (Å²) in [6.45, 7) is 1.93. The Bertz CT molecular complexity index is 568. The molecule has 0 atom stereocenters. The van der Waals surface area contributed by atoms with Gasteiger partial charge in [-0.3, -0.25) is 0 Å². The molecule has 2 aromatic rings. The van der Waals surface area contributed by atoms with E-state index in [1.54, 1.807) is 11.3 Å². The number of ether oxygens (including phenoxy) is 2. The van der Waals surface area contributed by atoms with Gasteiger partial charge in [-0.2, -0.15) is 0 Å². The third-order valence-corrected chi connectivity index (χ3v) is 3.92. The number of hydrogen-bond acceptors (Lipinski definition) is 5. The lowest BCUT2D eigenvalue weighted by Gasteiger charge is -2.18. The molecular formula is C14H16N2O2S. The highest BCUT2D eigenvalue weighted by atomic mass is 32.1. The second kappa shape index (κ2) is 5.59. The Labute approximate surface area is 116 Å². The lowest BCUT2D eigenvalue weighted by Crippen LogP contribution is -2.15. The Hall–Kier alpha value is -1.59. The van der Waals surface area contributed by atoms with E-state index in [0.717, 1.165) is 40.6 Å². The van der Waals surface area contributed by atoms with Crippen molar-refractivity contribution in [3.8, 4) is 22.1 Å². The molecule has 0 fully saturated rings. The zero-order chi connectivity index (χ0) is 13.1. The van der Waals surface area contributed by atoms with Gasteiger partial charge in [-0.1, -0.05) is 0 Å². The molecule has 2 N–H and O–H groups in total. The molecule has 1 aromatic heterocycles. The molecule has 0 amide bonds. The van der Waals surface area contributed by atoms with E-state index in [9.17, 15) is 0 Å². The molecule has 1 aliphatic rings. The summed E-state index contributed by atoms with van der Waals surface area (Å²) in [5.41, 5.74) is 7.70. The standard InChI is InChI=1S/C14H16N2O2S/c15-5-1-2-11-9-19-14(16-11)10-3-4-12-13(8-10)18-7-6-17-12/h3-4,8-9H,1-2,5-7,15H2. The monoisotopic (exact) mass is 276 g/mol. The molecule has 2 heterocycles. The zero-order valence-corrected chi connectivity index (χ0v) is 11.4. The second-order valence-electron chi connectivity index (χ2n) is 4.39. The van der Waals surface area contributed by atoms with E-state index in [2.05, 4.69) is 10.4 Å². The van der Waals surface area contributed by atoms with Crippen molar-refractivity contribution in [3.63, 3.8) is 0 Å². The van der Waals surface area contributed by atoms with E-state index in [1.165, 1.54) is 0 Å². The summed E-state index contributed by atoms with van der Waals surface area (Å²) in [4.78, 5) is 4.63. The SMILES string of the molecule is NCCCc1csc(-c2ccc3c(c2)OCCO3)n1. The van der Waals surface area contributed by atoms with Crippen molar-refractivity contribution in [1.29, 1.82) is 0 Å². The first kappa shape index (κ1) is 12.4. The number of aromatic nitrogens is 1. The molecule has 1 aromatic carbocycles. The molecule has 0 saturated carbocycles. The van der Waals surface area contributed by atoms with E-state index in [4.69, 9.17) is 15.2 Å². The molecule has 0 bridgehead atoms. The number of hydrogen-bond donors (Lipinski definition) is 1. The maximum Gasteiger partial charge on any atom is 0.162 e. The van der Waals surface area contributed by atoms with E-state index in [1.807, 2.05) is 18.2 Å². The van der Waals surface area contributed by atoms with Crippen LogP contribution in [0.1, 0.15) is 12.1 Å². The summed E-state index contributed by atoms with van der Waals surface area (Å²) in [6.07, 6.45) is 1.92. The van der Waals surface area contributed by atoms with Gasteiger partial charge in [-0.05, 0) is 37.6 Å². The molecule has 19 heavy (non-hydrogen) atoms. The number of benzene rings is 1. The molecular weight excluding hydrogens is 260 g/mol. The van der Waals surface area contributed by atoms with E-state index in [0.29, 0.717) is 19.8 Å². The van der Waals surface area contributed by atoms with Crippen molar-refractivity contribution in [2.24, 2.45) is 5.73 Å². The lowest BCUT2D eigenvalue weighted by molar-refractivity contribution is 0.171. The van der Waals surface area contributed by atoms with Crippen LogP contribution < -0.4 is 15.2 Å². The summed E-state index contributed by atoms with van der Waals surface area (Å²) in [7, 11) is 0. The zero-order valence-electron chi connectivity index (χ0n) is 10.6.